The quantitative estimate of drug-likeness (QED) is 0.487. The van der Waals surface area contributed by atoms with Crippen LogP contribution in [0.1, 0.15) is 29.6 Å². The highest BCUT2D eigenvalue weighted by Gasteiger charge is 2.30. The third kappa shape index (κ3) is 2.56. The molecule has 1 N–H and O–H groups in total. The molecule has 3 aromatic carbocycles. The second-order valence-corrected chi connectivity index (χ2v) is 7.14. The topological polar surface area (TPSA) is 29.9 Å². The normalized spacial score (nSPS) is 19.1. The molecule has 128 valence electrons. The number of halogens is 1. The zero-order valence-electron chi connectivity index (χ0n) is 14.1. The molecule has 5 rings (SSSR count). The SMILES string of the molecule is Clc1cccc(C2CC(c3ccccc3)Nc3nc4ccccc4n32)c1. The first-order chi connectivity index (χ1) is 12.8. The van der Waals surface area contributed by atoms with E-state index in [1.54, 1.807) is 0 Å². The van der Waals surface area contributed by atoms with Crippen molar-refractivity contribution in [2.24, 2.45) is 0 Å². The highest BCUT2D eigenvalue weighted by atomic mass is 35.5. The summed E-state index contributed by atoms with van der Waals surface area (Å²) in [7, 11) is 0. The Labute approximate surface area is 157 Å². The predicted octanol–water partition coefficient (Wildman–Crippen LogP) is 5.84. The molecule has 0 saturated carbocycles. The van der Waals surface area contributed by atoms with Gasteiger partial charge in [-0.2, -0.15) is 0 Å². The van der Waals surface area contributed by atoms with E-state index >= 15 is 0 Å². The van der Waals surface area contributed by atoms with Crippen LogP contribution in [0.25, 0.3) is 11.0 Å². The summed E-state index contributed by atoms with van der Waals surface area (Å²) in [6.07, 6.45) is 0.942. The fraction of sp³-hybridized carbons (Fsp3) is 0.136. The highest BCUT2D eigenvalue weighted by molar-refractivity contribution is 6.30. The Bertz CT molecular complexity index is 1070. The van der Waals surface area contributed by atoms with Crippen molar-refractivity contribution in [2.75, 3.05) is 5.32 Å². The number of benzene rings is 3. The van der Waals surface area contributed by atoms with E-state index in [0.717, 1.165) is 28.4 Å². The average molecular weight is 360 g/mol. The summed E-state index contributed by atoms with van der Waals surface area (Å²) in [5.41, 5.74) is 4.64. The molecule has 1 aliphatic rings. The van der Waals surface area contributed by atoms with Crippen molar-refractivity contribution < 1.29 is 0 Å². The van der Waals surface area contributed by atoms with Gasteiger partial charge in [0.1, 0.15) is 0 Å². The standard InChI is InChI=1S/C22H18ClN3/c23-17-10-6-9-16(13-17)21-14-19(15-7-2-1-3-8-15)25-22-24-18-11-4-5-12-20(18)26(21)22/h1-13,19,21H,14H2,(H,24,25). The zero-order chi connectivity index (χ0) is 17.5. The Morgan fingerprint density at radius 3 is 2.50 bits per heavy atom. The fourth-order valence-electron chi connectivity index (χ4n) is 3.91. The number of nitrogens with zero attached hydrogens (tertiary/aromatic N) is 2. The Balaban J connectivity index is 1.69. The van der Waals surface area contributed by atoms with Gasteiger partial charge in [-0.25, -0.2) is 4.98 Å². The lowest BCUT2D eigenvalue weighted by Gasteiger charge is -2.33. The van der Waals surface area contributed by atoms with Gasteiger partial charge in [0.05, 0.1) is 23.1 Å². The Kier molecular flexibility index (Phi) is 3.68. The third-order valence-corrected chi connectivity index (χ3v) is 5.34. The number of hydrogen-bond donors (Lipinski definition) is 1. The number of aromatic nitrogens is 2. The summed E-state index contributed by atoms with van der Waals surface area (Å²) in [6.45, 7) is 0. The number of rotatable bonds is 2. The van der Waals surface area contributed by atoms with Gasteiger partial charge in [0.15, 0.2) is 0 Å². The second-order valence-electron chi connectivity index (χ2n) is 6.71. The number of hydrogen-bond acceptors (Lipinski definition) is 2. The molecule has 26 heavy (non-hydrogen) atoms. The van der Waals surface area contributed by atoms with E-state index in [-0.39, 0.29) is 12.1 Å². The molecule has 2 heterocycles. The average Bonchev–Trinajstić information content (AvgIpc) is 3.06. The third-order valence-electron chi connectivity index (χ3n) is 5.11. The summed E-state index contributed by atoms with van der Waals surface area (Å²) >= 11 is 6.30. The lowest BCUT2D eigenvalue weighted by molar-refractivity contribution is 0.477. The van der Waals surface area contributed by atoms with Gasteiger partial charge in [0, 0.05) is 5.02 Å². The Morgan fingerprint density at radius 1 is 0.885 bits per heavy atom. The van der Waals surface area contributed by atoms with Gasteiger partial charge >= 0.3 is 0 Å². The van der Waals surface area contributed by atoms with Crippen LogP contribution in [-0.2, 0) is 0 Å². The van der Waals surface area contributed by atoms with Crippen molar-refractivity contribution in [1.82, 2.24) is 9.55 Å². The number of para-hydroxylation sites is 2. The van der Waals surface area contributed by atoms with Crippen molar-refractivity contribution in [3.63, 3.8) is 0 Å². The molecule has 4 heteroatoms. The summed E-state index contributed by atoms with van der Waals surface area (Å²) < 4.78 is 2.31. The number of imidazole rings is 1. The van der Waals surface area contributed by atoms with Crippen LogP contribution in [-0.4, -0.2) is 9.55 Å². The van der Waals surface area contributed by atoms with Crippen molar-refractivity contribution in [2.45, 2.75) is 18.5 Å². The molecule has 4 aromatic rings. The van der Waals surface area contributed by atoms with E-state index in [1.807, 2.05) is 18.2 Å². The highest BCUT2D eigenvalue weighted by Crippen LogP contribution is 2.41. The van der Waals surface area contributed by atoms with Crippen molar-refractivity contribution in [3.05, 3.63) is 95.0 Å². The van der Waals surface area contributed by atoms with E-state index in [9.17, 15) is 0 Å². The van der Waals surface area contributed by atoms with Crippen LogP contribution >= 0.6 is 11.6 Å². The fourth-order valence-corrected chi connectivity index (χ4v) is 4.11. The molecular formula is C22H18ClN3. The first-order valence-electron chi connectivity index (χ1n) is 8.83. The Hall–Kier alpha value is -2.78. The first-order valence-corrected chi connectivity index (χ1v) is 9.21. The van der Waals surface area contributed by atoms with E-state index in [1.165, 1.54) is 11.1 Å². The lowest BCUT2D eigenvalue weighted by atomic mass is 9.93. The van der Waals surface area contributed by atoms with Crippen molar-refractivity contribution in [1.29, 1.82) is 0 Å². The molecule has 3 nitrogen and oxygen atoms in total. The summed E-state index contributed by atoms with van der Waals surface area (Å²) in [6, 6.07) is 27.4. The number of anilines is 1. The van der Waals surface area contributed by atoms with Crippen LogP contribution in [0.3, 0.4) is 0 Å². The van der Waals surface area contributed by atoms with Gasteiger partial charge in [0.25, 0.3) is 0 Å². The summed E-state index contributed by atoms with van der Waals surface area (Å²) in [4.78, 5) is 4.85. The molecule has 2 atom stereocenters. The van der Waals surface area contributed by atoms with E-state index in [4.69, 9.17) is 16.6 Å². The minimum absolute atomic E-state index is 0.183. The smallest absolute Gasteiger partial charge is 0.204 e. The maximum Gasteiger partial charge on any atom is 0.204 e. The molecule has 1 aromatic heterocycles. The van der Waals surface area contributed by atoms with Crippen LogP contribution in [0.15, 0.2) is 78.9 Å². The van der Waals surface area contributed by atoms with Gasteiger partial charge in [-0.3, -0.25) is 0 Å². The van der Waals surface area contributed by atoms with E-state index in [2.05, 4.69) is 70.5 Å². The maximum atomic E-state index is 6.30. The van der Waals surface area contributed by atoms with Crippen molar-refractivity contribution in [3.8, 4) is 0 Å². The number of nitrogens with one attached hydrogen (secondary N) is 1. The van der Waals surface area contributed by atoms with Gasteiger partial charge in [-0.1, -0.05) is 66.2 Å². The van der Waals surface area contributed by atoms with Crippen molar-refractivity contribution >= 4 is 28.6 Å². The molecule has 0 fully saturated rings. The molecule has 0 saturated heterocycles. The molecular weight excluding hydrogens is 342 g/mol. The molecule has 1 aliphatic heterocycles. The van der Waals surface area contributed by atoms with Gasteiger partial charge < -0.3 is 9.88 Å². The van der Waals surface area contributed by atoms with E-state index < -0.39 is 0 Å². The van der Waals surface area contributed by atoms with Gasteiger partial charge in [-0.05, 0) is 41.8 Å². The van der Waals surface area contributed by atoms with Crippen LogP contribution in [0.2, 0.25) is 5.02 Å². The Morgan fingerprint density at radius 2 is 1.65 bits per heavy atom. The summed E-state index contributed by atoms with van der Waals surface area (Å²) in [5, 5.41) is 4.40. The molecule has 0 bridgehead atoms. The lowest BCUT2D eigenvalue weighted by Crippen LogP contribution is -2.27. The monoisotopic (exact) mass is 359 g/mol. The van der Waals surface area contributed by atoms with Crippen LogP contribution in [0.5, 0.6) is 0 Å². The summed E-state index contributed by atoms with van der Waals surface area (Å²) in [5.74, 6) is 0.913. The van der Waals surface area contributed by atoms with Crippen LogP contribution in [0.4, 0.5) is 5.95 Å². The van der Waals surface area contributed by atoms with Gasteiger partial charge in [0.2, 0.25) is 5.95 Å². The second kappa shape index (κ2) is 6.19. The van der Waals surface area contributed by atoms with Crippen LogP contribution in [0, 0.1) is 0 Å². The molecule has 0 amide bonds. The van der Waals surface area contributed by atoms with E-state index in [0.29, 0.717) is 0 Å². The molecule has 0 spiro atoms. The van der Waals surface area contributed by atoms with Gasteiger partial charge in [-0.15, -0.1) is 0 Å². The van der Waals surface area contributed by atoms with Crippen LogP contribution < -0.4 is 5.32 Å². The zero-order valence-corrected chi connectivity index (χ0v) is 14.9. The molecule has 2 unspecified atom stereocenters. The molecule has 0 radical (unpaired) electrons. The molecule has 0 aliphatic carbocycles. The largest absolute Gasteiger partial charge is 0.349 e. The minimum Gasteiger partial charge on any atom is -0.349 e. The maximum absolute atomic E-state index is 6.30. The predicted molar refractivity (Wildman–Crippen MR) is 107 cm³/mol. The number of fused-ring (bicyclic) bond motifs is 3. The first kappa shape index (κ1) is 15.5. The minimum atomic E-state index is 0.183.